The van der Waals surface area contributed by atoms with Crippen LogP contribution in [0.2, 0.25) is 0 Å². The number of nitrogens with zero attached hydrogens (tertiary/aromatic N) is 2. The first-order valence-electron chi connectivity index (χ1n) is 6.01. The fraction of sp³-hybridized carbons (Fsp3) is 0.308. The molecule has 2 aromatic rings. The maximum atomic E-state index is 12.1. The van der Waals surface area contributed by atoms with Crippen molar-refractivity contribution in [3.8, 4) is 0 Å². The van der Waals surface area contributed by atoms with Gasteiger partial charge in [0.15, 0.2) is 0 Å². The van der Waals surface area contributed by atoms with Gasteiger partial charge in [0.05, 0.1) is 0 Å². The Morgan fingerprint density at radius 1 is 1.53 bits per heavy atom. The number of carbonyl (C=O) groups excluding carboxylic acids is 1. The van der Waals surface area contributed by atoms with Gasteiger partial charge < -0.3 is 10.4 Å². The lowest BCUT2D eigenvalue weighted by Crippen LogP contribution is -2.37. The van der Waals surface area contributed by atoms with Crippen LogP contribution in [0.4, 0.5) is 0 Å². The molecule has 2 rings (SSSR count). The number of nitrogens with one attached hydrogen (secondary N) is 1. The third-order valence-electron chi connectivity index (χ3n) is 2.80. The third kappa shape index (κ3) is 2.79. The third-order valence-corrected chi connectivity index (χ3v) is 2.80. The lowest BCUT2D eigenvalue weighted by atomic mass is 10.2. The number of hydrogen-bond acceptors (Lipinski definition) is 4. The van der Waals surface area contributed by atoms with E-state index in [0.29, 0.717) is 12.1 Å². The summed E-state index contributed by atoms with van der Waals surface area (Å²) in [5.74, 6) is -0.475. The Hall–Kier alpha value is -2.21. The first-order chi connectivity index (χ1) is 9.13. The zero-order chi connectivity index (χ0) is 13.8. The summed E-state index contributed by atoms with van der Waals surface area (Å²) in [4.78, 5) is 28.1. The van der Waals surface area contributed by atoms with Crippen molar-refractivity contribution in [2.45, 2.75) is 19.4 Å². The van der Waals surface area contributed by atoms with E-state index in [1.807, 2.05) is 0 Å². The van der Waals surface area contributed by atoms with Crippen molar-refractivity contribution in [3.63, 3.8) is 0 Å². The number of fused-ring (bicyclic) bond motifs is 1. The summed E-state index contributed by atoms with van der Waals surface area (Å²) in [5.41, 5.74) is 0.0836. The second kappa shape index (κ2) is 5.62. The Balaban J connectivity index is 2.33. The van der Waals surface area contributed by atoms with Crippen molar-refractivity contribution in [2.24, 2.45) is 0 Å². The van der Waals surface area contributed by atoms with Crippen LogP contribution >= 0.6 is 0 Å². The lowest BCUT2D eigenvalue weighted by Gasteiger charge is -2.12. The van der Waals surface area contributed by atoms with E-state index in [0.717, 1.165) is 0 Å². The Morgan fingerprint density at radius 2 is 2.32 bits per heavy atom. The smallest absolute Gasteiger partial charge is 0.270 e. The summed E-state index contributed by atoms with van der Waals surface area (Å²) in [7, 11) is 0. The molecule has 0 aliphatic carbocycles. The topological polar surface area (TPSA) is 83.7 Å². The molecule has 0 aromatic carbocycles. The van der Waals surface area contributed by atoms with Gasteiger partial charge in [0.1, 0.15) is 11.2 Å². The van der Waals surface area contributed by atoms with Crippen molar-refractivity contribution in [1.29, 1.82) is 0 Å². The summed E-state index contributed by atoms with van der Waals surface area (Å²) < 4.78 is 1.33. The van der Waals surface area contributed by atoms with E-state index in [1.54, 1.807) is 31.3 Å². The van der Waals surface area contributed by atoms with Crippen LogP contribution in [0.25, 0.3) is 5.65 Å². The van der Waals surface area contributed by atoms with Crippen LogP contribution in [-0.2, 0) is 0 Å². The van der Waals surface area contributed by atoms with Gasteiger partial charge in [-0.2, -0.15) is 0 Å². The van der Waals surface area contributed by atoms with E-state index in [2.05, 4.69) is 10.3 Å². The second-order valence-electron chi connectivity index (χ2n) is 4.29. The maximum absolute atomic E-state index is 12.1. The van der Waals surface area contributed by atoms with Gasteiger partial charge in [-0.25, -0.2) is 4.98 Å². The highest BCUT2D eigenvalue weighted by molar-refractivity contribution is 5.93. The van der Waals surface area contributed by atoms with Crippen molar-refractivity contribution in [3.05, 3.63) is 46.5 Å². The SMILES string of the molecule is CC(CCO)NC(=O)c1cnc2ccccn2c1=O. The maximum Gasteiger partial charge on any atom is 0.270 e. The summed E-state index contributed by atoms with van der Waals surface area (Å²) in [6.45, 7) is 1.75. The van der Waals surface area contributed by atoms with Crippen molar-refractivity contribution in [2.75, 3.05) is 6.61 Å². The molecule has 2 aromatic heterocycles. The predicted molar refractivity (Wildman–Crippen MR) is 70.1 cm³/mol. The van der Waals surface area contributed by atoms with E-state index in [1.165, 1.54) is 10.6 Å². The molecule has 100 valence electrons. The molecule has 0 bridgehead atoms. The molecule has 0 fully saturated rings. The number of aliphatic hydroxyl groups is 1. The van der Waals surface area contributed by atoms with Crippen LogP contribution in [0.15, 0.2) is 35.4 Å². The first kappa shape index (κ1) is 13.2. The largest absolute Gasteiger partial charge is 0.396 e. The molecular weight excluding hydrogens is 246 g/mol. The zero-order valence-corrected chi connectivity index (χ0v) is 10.5. The normalized spacial score (nSPS) is 12.3. The minimum Gasteiger partial charge on any atom is -0.396 e. The molecule has 0 aliphatic heterocycles. The van der Waals surface area contributed by atoms with Crippen LogP contribution in [0, 0.1) is 0 Å². The van der Waals surface area contributed by atoms with E-state index in [9.17, 15) is 9.59 Å². The Labute approximate surface area is 109 Å². The van der Waals surface area contributed by atoms with Crippen LogP contribution < -0.4 is 10.9 Å². The molecule has 0 spiro atoms. The Kier molecular flexibility index (Phi) is 3.91. The molecule has 0 radical (unpaired) electrons. The molecule has 1 atom stereocenters. The molecule has 2 N–H and O–H groups in total. The first-order valence-corrected chi connectivity index (χ1v) is 6.01. The standard InChI is InChI=1S/C13H15N3O3/c1-9(5-7-17)15-12(18)10-8-14-11-4-2-3-6-16(11)13(10)19/h2-4,6,8-9,17H,5,7H2,1H3,(H,15,18). The molecule has 2 heterocycles. The van der Waals surface area contributed by atoms with E-state index in [4.69, 9.17) is 5.11 Å². The highest BCUT2D eigenvalue weighted by atomic mass is 16.3. The average molecular weight is 261 g/mol. The molecule has 0 saturated heterocycles. The highest BCUT2D eigenvalue weighted by Gasteiger charge is 2.14. The number of hydrogen-bond donors (Lipinski definition) is 2. The summed E-state index contributed by atoms with van der Waals surface area (Å²) in [6, 6.07) is 4.96. The molecule has 19 heavy (non-hydrogen) atoms. The fourth-order valence-electron chi connectivity index (χ4n) is 1.75. The van der Waals surface area contributed by atoms with Gasteiger partial charge in [0.2, 0.25) is 0 Å². The fourth-order valence-corrected chi connectivity index (χ4v) is 1.75. The van der Waals surface area contributed by atoms with Crippen LogP contribution in [0.5, 0.6) is 0 Å². The van der Waals surface area contributed by atoms with E-state index in [-0.39, 0.29) is 18.2 Å². The number of pyridine rings is 1. The van der Waals surface area contributed by atoms with Crippen molar-refractivity contribution in [1.82, 2.24) is 14.7 Å². The predicted octanol–water partition coefficient (Wildman–Crippen LogP) is 0.195. The minimum absolute atomic E-state index is 0.00603. The number of amides is 1. The molecule has 0 saturated carbocycles. The molecule has 1 unspecified atom stereocenters. The summed E-state index contributed by atoms with van der Waals surface area (Å²) in [5, 5.41) is 11.4. The minimum atomic E-state index is -0.475. The van der Waals surface area contributed by atoms with Crippen LogP contribution in [-0.4, -0.2) is 33.0 Å². The average Bonchev–Trinajstić information content (AvgIpc) is 2.39. The molecular formula is C13H15N3O3. The second-order valence-corrected chi connectivity index (χ2v) is 4.29. The van der Waals surface area contributed by atoms with Crippen LogP contribution in [0.3, 0.4) is 0 Å². The van der Waals surface area contributed by atoms with Gasteiger partial charge in [0, 0.05) is 25.0 Å². The van der Waals surface area contributed by atoms with Gasteiger partial charge in [-0.3, -0.25) is 14.0 Å². The summed E-state index contributed by atoms with van der Waals surface area (Å²) in [6.07, 6.45) is 3.28. The Morgan fingerprint density at radius 3 is 3.05 bits per heavy atom. The highest BCUT2D eigenvalue weighted by Crippen LogP contribution is 1.98. The molecule has 6 heteroatoms. The van der Waals surface area contributed by atoms with Gasteiger partial charge in [-0.05, 0) is 25.5 Å². The summed E-state index contributed by atoms with van der Waals surface area (Å²) >= 11 is 0. The number of rotatable bonds is 4. The zero-order valence-electron chi connectivity index (χ0n) is 10.5. The van der Waals surface area contributed by atoms with Crippen LogP contribution in [0.1, 0.15) is 23.7 Å². The molecule has 1 amide bonds. The quantitative estimate of drug-likeness (QED) is 0.823. The van der Waals surface area contributed by atoms with Gasteiger partial charge in [-0.15, -0.1) is 0 Å². The van der Waals surface area contributed by atoms with Gasteiger partial charge in [-0.1, -0.05) is 6.07 Å². The van der Waals surface area contributed by atoms with Gasteiger partial charge >= 0.3 is 0 Å². The Bertz CT molecular complexity index is 651. The number of aliphatic hydroxyl groups excluding tert-OH is 1. The monoisotopic (exact) mass is 261 g/mol. The van der Waals surface area contributed by atoms with Crippen molar-refractivity contribution < 1.29 is 9.90 Å². The molecule has 6 nitrogen and oxygen atoms in total. The van der Waals surface area contributed by atoms with E-state index < -0.39 is 11.5 Å². The van der Waals surface area contributed by atoms with Gasteiger partial charge in [0.25, 0.3) is 11.5 Å². The lowest BCUT2D eigenvalue weighted by molar-refractivity contribution is 0.0932. The molecule has 0 aliphatic rings. The number of carbonyl (C=O) groups is 1. The van der Waals surface area contributed by atoms with E-state index >= 15 is 0 Å². The number of aromatic nitrogens is 2. The van der Waals surface area contributed by atoms with Crippen molar-refractivity contribution >= 4 is 11.6 Å².